The second-order valence-electron chi connectivity index (χ2n) is 13.7. The lowest BCUT2D eigenvalue weighted by atomic mass is 9.83. The zero-order chi connectivity index (χ0) is 39.5. The molecule has 4 atom stereocenters. The third-order valence-corrected chi connectivity index (χ3v) is 9.42. The van der Waals surface area contributed by atoms with E-state index in [1.54, 1.807) is 37.3 Å². The number of amides is 8. The summed E-state index contributed by atoms with van der Waals surface area (Å²) in [6.07, 6.45) is 5.98. The van der Waals surface area contributed by atoms with Crippen molar-refractivity contribution in [3.63, 3.8) is 0 Å². The third kappa shape index (κ3) is 14.6. The average Bonchev–Trinajstić information content (AvgIpc) is 3.16. The molecule has 17 nitrogen and oxygen atoms in total. The number of Topliss-reactive ketones (excluding diaryl/α,β-unsaturated/α-hetero) is 1. The van der Waals surface area contributed by atoms with Gasteiger partial charge in [0.1, 0.15) is 18.1 Å². The number of hydrogen-bond donors (Lipinski definition) is 8. The molecule has 0 bridgehead atoms. The number of primary amides is 1. The monoisotopic (exact) mass is 754 g/mol. The Labute approximate surface area is 314 Å². The molecule has 3 rings (SSSR count). The van der Waals surface area contributed by atoms with Gasteiger partial charge in [0.05, 0.1) is 19.1 Å². The zero-order valence-corrected chi connectivity index (χ0v) is 30.8. The van der Waals surface area contributed by atoms with Gasteiger partial charge in [0, 0.05) is 19.4 Å². The number of nitrogens with two attached hydrogens (primary N) is 1. The van der Waals surface area contributed by atoms with Gasteiger partial charge in [-0.1, -0.05) is 62.9 Å². The van der Waals surface area contributed by atoms with Crippen LogP contribution in [0.25, 0.3) is 0 Å². The topological polar surface area (TPSA) is 264 Å². The first kappa shape index (κ1) is 43.1. The molecule has 1 aromatic carbocycles. The minimum Gasteiger partial charge on any atom is -0.368 e. The van der Waals surface area contributed by atoms with E-state index < -0.39 is 77.8 Å². The Kier molecular flexibility index (Phi) is 18.1. The van der Waals surface area contributed by atoms with Crippen molar-refractivity contribution in [1.82, 2.24) is 37.2 Å². The first-order valence-corrected chi connectivity index (χ1v) is 18.8. The molecule has 9 N–H and O–H groups in total. The summed E-state index contributed by atoms with van der Waals surface area (Å²) in [4.78, 5) is 116. The molecule has 1 aromatic rings. The summed E-state index contributed by atoms with van der Waals surface area (Å²) in [5.74, 6) is -6.52. The molecule has 2 fully saturated rings. The third-order valence-electron chi connectivity index (χ3n) is 9.42. The molecule has 1 aliphatic heterocycles. The fourth-order valence-electron chi connectivity index (χ4n) is 6.50. The summed E-state index contributed by atoms with van der Waals surface area (Å²) in [5.41, 5.74) is 5.88. The van der Waals surface area contributed by atoms with Crippen LogP contribution in [0.15, 0.2) is 30.3 Å². The van der Waals surface area contributed by atoms with Gasteiger partial charge >= 0.3 is 0 Å². The van der Waals surface area contributed by atoms with E-state index in [1.165, 1.54) is 0 Å². The van der Waals surface area contributed by atoms with Crippen molar-refractivity contribution in [2.75, 3.05) is 19.6 Å². The molecule has 2 aliphatic rings. The highest BCUT2D eigenvalue weighted by atomic mass is 16.2. The van der Waals surface area contributed by atoms with Crippen LogP contribution in [0.3, 0.4) is 0 Å². The SMILES string of the molecule is CCCC(NC(=O)C1CCCCNC(=O)CCCC(=O)NCC(=O)NC(C2CCCCC2)C(=O)N1)C(=O)C(=O)NCC(=O)NC(C(N)=O)c1ccccc1. The van der Waals surface area contributed by atoms with Crippen molar-refractivity contribution < 1.29 is 43.2 Å². The van der Waals surface area contributed by atoms with E-state index >= 15 is 0 Å². The molecule has 0 spiro atoms. The van der Waals surface area contributed by atoms with Crippen molar-refractivity contribution >= 4 is 53.0 Å². The molecule has 17 heteroatoms. The fourth-order valence-corrected chi connectivity index (χ4v) is 6.50. The van der Waals surface area contributed by atoms with Crippen molar-refractivity contribution in [1.29, 1.82) is 0 Å². The Hall–Kier alpha value is -5.35. The minimum absolute atomic E-state index is 0.0642. The molecule has 1 aliphatic carbocycles. The highest BCUT2D eigenvalue weighted by Crippen LogP contribution is 2.27. The fraction of sp³-hybridized carbons (Fsp3) is 0.595. The lowest BCUT2D eigenvalue weighted by Gasteiger charge is -2.31. The van der Waals surface area contributed by atoms with Crippen molar-refractivity contribution in [3.8, 4) is 0 Å². The minimum atomic E-state index is -1.30. The summed E-state index contributed by atoms with van der Waals surface area (Å²) in [7, 11) is 0. The number of nitrogens with one attached hydrogen (secondary N) is 7. The number of hydrogen-bond acceptors (Lipinski definition) is 9. The summed E-state index contributed by atoms with van der Waals surface area (Å²) >= 11 is 0. The standard InChI is InChI=1S/C37H54N8O9/c1-2-12-25(33(50)37(54)41-22-30(49)44-31(34(38)51)23-13-5-3-6-14-23)42-35(52)26-17-9-10-20-39-27(46)18-11-19-28(47)40-21-29(48)45-32(36(53)43-26)24-15-7-4-8-16-24/h3,5-6,13-14,24-26,31-32H,2,4,7-12,15-22H2,1H3,(H2,38,51)(H,39,46)(H,40,47)(H,41,54)(H,42,52)(H,43,53)(H,44,49)(H,45,48). The van der Waals surface area contributed by atoms with Crippen LogP contribution in [-0.2, 0) is 43.2 Å². The molecule has 0 radical (unpaired) electrons. The second-order valence-corrected chi connectivity index (χ2v) is 13.7. The van der Waals surface area contributed by atoms with Gasteiger partial charge in [-0.15, -0.1) is 0 Å². The van der Waals surface area contributed by atoms with Gasteiger partial charge in [-0.25, -0.2) is 0 Å². The van der Waals surface area contributed by atoms with Gasteiger partial charge in [0.25, 0.3) is 5.91 Å². The Morgan fingerprint density at radius 1 is 0.796 bits per heavy atom. The van der Waals surface area contributed by atoms with E-state index in [9.17, 15) is 43.2 Å². The molecule has 1 saturated carbocycles. The zero-order valence-electron chi connectivity index (χ0n) is 30.8. The van der Waals surface area contributed by atoms with Gasteiger partial charge in [-0.05, 0) is 56.4 Å². The lowest BCUT2D eigenvalue weighted by Crippen LogP contribution is -2.59. The van der Waals surface area contributed by atoms with Crippen LogP contribution in [0.1, 0.15) is 102 Å². The van der Waals surface area contributed by atoms with Gasteiger partial charge in [-0.3, -0.25) is 43.2 Å². The molecular formula is C37H54N8O9. The van der Waals surface area contributed by atoms with E-state index in [0.29, 0.717) is 50.6 Å². The van der Waals surface area contributed by atoms with Gasteiger partial charge in [0.15, 0.2) is 0 Å². The highest BCUT2D eigenvalue weighted by molar-refractivity contribution is 6.38. The highest BCUT2D eigenvalue weighted by Gasteiger charge is 2.35. The molecule has 0 aromatic heterocycles. The van der Waals surface area contributed by atoms with E-state index in [2.05, 4.69) is 37.2 Å². The van der Waals surface area contributed by atoms with E-state index in [0.717, 1.165) is 19.3 Å². The first-order valence-electron chi connectivity index (χ1n) is 18.8. The molecule has 4 unspecified atom stereocenters. The summed E-state index contributed by atoms with van der Waals surface area (Å²) in [6.45, 7) is 1.03. The summed E-state index contributed by atoms with van der Waals surface area (Å²) in [6, 6.07) is 3.62. The van der Waals surface area contributed by atoms with Crippen LogP contribution in [0, 0.1) is 5.92 Å². The molecule has 8 amide bonds. The predicted molar refractivity (Wildman–Crippen MR) is 196 cm³/mol. The van der Waals surface area contributed by atoms with Crippen LogP contribution < -0.4 is 43.0 Å². The van der Waals surface area contributed by atoms with Crippen molar-refractivity contribution in [2.24, 2.45) is 11.7 Å². The predicted octanol–water partition coefficient (Wildman–Crippen LogP) is -0.564. The first-order chi connectivity index (χ1) is 25.9. The maximum absolute atomic E-state index is 13.8. The van der Waals surface area contributed by atoms with E-state index in [-0.39, 0.29) is 44.1 Å². The Morgan fingerprint density at radius 2 is 1.46 bits per heavy atom. The van der Waals surface area contributed by atoms with Crippen LogP contribution in [-0.4, -0.2) is 90.8 Å². The Morgan fingerprint density at radius 3 is 2.13 bits per heavy atom. The van der Waals surface area contributed by atoms with Crippen molar-refractivity contribution in [3.05, 3.63) is 35.9 Å². The molecular weight excluding hydrogens is 700 g/mol. The van der Waals surface area contributed by atoms with Crippen LogP contribution >= 0.6 is 0 Å². The largest absolute Gasteiger partial charge is 0.368 e. The molecule has 1 saturated heterocycles. The number of carbonyl (C=O) groups excluding carboxylic acids is 9. The van der Waals surface area contributed by atoms with Gasteiger partial charge in [0.2, 0.25) is 47.1 Å². The molecule has 1 heterocycles. The Bertz CT molecular complexity index is 1500. The van der Waals surface area contributed by atoms with E-state index in [4.69, 9.17) is 5.73 Å². The van der Waals surface area contributed by atoms with Gasteiger partial charge in [-0.2, -0.15) is 0 Å². The number of benzene rings is 1. The normalized spacial score (nSPS) is 20.9. The summed E-state index contributed by atoms with van der Waals surface area (Å²) < 4.78 is 0. The average molecular weight is 755 g/mol. The van der Waals surface area contributed by atoms with Crippen LogP contribution in [0.5, 0.6) is 0 Å². The molecule has 54 heavy (non-hydrogen) atoms. The number of rotatable bonds is 12. The Balaban J connectivity index is 1.72. The van der Waals surface area contributed by atoms with E-state index in [1.807, 2.05) is 0 Å². The second kappa shape index (κ2) is 22.7. The van der Waals surface area contributed by atoms with Crippen LogP contribution in [0.4, 0.5) is 0 Å². The quantitative estimate of drug-likeness (QED) is 0.127. The maximum Gasteiger partial charge on any atom is 0.290 e. The molecule has 296 valence electrons. The summed E-state index contributed by atoms with van der Waals surface area (Å²) in [5, 5.41) is 18.0. The number of ketones is 1. The van der Waals surface area contributed by atoms with Gasteiger partial charge < -0.3 is 43.0 Å². The van der Waals surface area contributed by atoms with Crippen molar-refractivity contribution in [2.45, 2.75) is 115 Å². The lowest BCUT2D eigenvalue weighted by molar-refractivity contribution is -0.141. The maximum atomic E-state index is 13.8. The number of carbonyl (C=O) groups is 9. The van der Waals surface area contributed by atoms with Crippen LogP contribution in [0.2, 0.25) is 0 Å². The smallest absolute Gasteiger partial charge is 0.290 e.